The van der Waals surface area contributed by atoms with Gasteiger partial charge in [0, 0.05) is 10.6 Å². The second-order valence-corrected chi connectivity index (χ2v) is 2.24. The summed E-state index contributed by atoms with van der Waals surface area (Å²) in [6.45, 7) is -0.856. The first-order valence-electron chi connectivity index (χ1n) is 2.74. The van der Waals surface area contributed by atoms with Gasteiger partial charge in [-0.25, -0.2) is 8.78 Å². The number of alkyl halides is 1. The largest absolute Gasteiger partial charge is 0.246 e. The summed E-state index contributed by atoms with van der Waals surface area (Å²) in [5.41, 5.74) is -0.0656. The standard InChI is InChI=1S/C7H5ClF2/c8-6-2-1-3-7(10)5(6)4-9/h1-3H,4H2. The molecule has 0 unspecified atom stereocenters. The van der Waals surface area contributed by atoms with E-state index in [0.29, 0.717) is 0 Å². The lowest BCUT2D eigenvalue weighted by atomic mass is 10.2. The van der Waals surface area contributed by atoms with E-state index in [1.165, 1.54) is 18.2 Å². The molecule has 0 heterocycles. The first kappa shape index (κ1) is 7.48. The maximum atomic E-state index is 12.5. The summed E-state index contributed by atoms with van der Waals surface area (Å²) in [6.07, 6.45) is 0. The molecule has 3 heteroatoms. The van der Waals surface area contributed by atoms with Crippen molar-refractivity contribution in [1.29, 1.82) is 0 Å². The van der Waals surface area contributed by atoms with Crippen LogP contribution in [0.5, 0.6) is 0 Å². The molecule has 0 radical (unpaired) electrons. The Balaban J connectivity index is 3.17. The minimum Gasteiger partial charge on any atom is -0.246 e. The third kappa shape index (κ3) is 1.27. The molecule has 10 heavy (non-hydrogen) atoms. The van der Waals surface area contributed by atoms with E-state index in [2.05, 4.69) is 0 Å². The van der Waals surface area contributed by atoms with Crippen LogP contribution in [0.2, 0.25) is 5.02 Å². The topological polar surface area (TPSA) is 0 Å². The highest BCUT2D eigenvalue weighted by Crippen LogP contribution is 2.19. The molecule has 0 saturated heterocycles. The molecule has 0 aliphatic rings. The fourth-order valence-electron chi connectivity index (χ4n) is 0.660. The first-order chi connectivity index (χ1) is 4.75. The van der Waals surface area contributed by atoms with E-state index in [-0.39, 0.29) is 10.6 Å². The van der Waals surface area contributed by atoms with Crippen molar-refractivity contribution < 1.29 is 8.78 Å². The van der Waals surface area contributed by atoms with Crippen LogP contribution < -0.4 is 0 Å². The van der Waals surface area contributed by atoms with Crippen molar-refractivity contribution >= 4 is 11.6 Å². The molecule has 1 aromatic rings. The Labute approximate surface area is 62.4 Å². The van der Waals surface area contributed by atoms with Gasteiger partial charge in [0.1, 0.15) is 12.5 Å². The Morgan fingerprint density at radius 3 is 2.50 bits per heavy atom. The monoisotopic (exact) mass is 162 g/mol. The Hall–Kier alpha value is -0.630. The fourth-order valence-corrected chi connectivity index (χ4v) is 0.874. The Kier molecular flexibility index (Phi) is 2.22. The fraction of sp³-hybridized carbons (Fsp3) is 0.143. The maximum Gasteiger partial charge on any atom is 0.130 e. The third-order valence-electron chi connectivity index (χ3n) is 1.20. The summed E-state index contributed by atoms with van der Waals surface area (Å²) < 4.78 is 24.4. The summed E-state index contributed by atoms with van der Waals surface area (Å²) >= 11 is 5.45. The lowest BCUT2D eigenvalue weighted by Gasteiger charge is -1.98. The molecule has 0 amide bonds. The number of hydrogen-bond donors (Lipinski definition) is 0. The average Bonchev–Trinajstić information content (AvgIpc) is 1.88. The molecule has 54 valence electrons. The minimum absolute atomic E-state index is 0.0656. The number of hydrogen-bond acceptors (Lipinski definition) is 0. The van der Waals surface area contributed by atoms with E-state index in [9.17, 15) is 8.78 Å². The zero-order valence-corrected chi connectivity index (χ0v) is 5.83. The van der Waals surface area contributed by atoms with E-state index in [0.717, 1.165) is 0 Å². The minimum atomic E-state index is -0.856. The van der Waals surface area contributed by atoms with Crippen LogP contribution in [-0.4, -0.2) is 0 Å². The first-order valence-corrected chi connectivity index (χ1v) is 3.12. The number of benzene rings is 1. The van der Waals surface area contributed by atoms with Crippen LogP contribution >= 0.6 is 11.6 Å². The molecule has 0 spiro atoms. The molecule has 0 fully saturated rings. The smallest absolute Gasteiger partial charge is 0.130 e. The van der Waals surface area contributed by atoms with E-state index < -0.39 is 12.5 Å². The van der Waals surface area contributed by atoms with Gasteiger partial charge in [0.05, 0.1) is 0 Å². The van der Waals surface area contributed by atoms with Crippen molar-refractivity contribution in [2.75, 3.05) is 0 Å². The van der Waals surface area contributed by atoms with Crippen LogP contribution in [0.4, 0.5) is 8.78 Å². The van der Waals surface area contributed by atoms with Gasteiger partial charge in [-0.2, -0.15) is 0 Å². The van der Waals surface area contributed by atoms with E-state index >= 15 is 0 Å². The lowest BCUT2D eigenvalue weighted by molar-refractivity contribution is 0.464. The average molecular weight is 163 g/mol. The van der Waals surface area contributed by atoms with Gasteiger partial charge in [-0.3, -0.25) is 0 Å². The summed E-state index contributed by atoms with van der Waals surface area (Å²) in [5.74, 6) is -0.588. The van der Waals surface area contributed by atoms with Gasteiger partial charge in [0.25, 0.3) is 0 Å². The SMILES string of the molecule is FCc1c(F)cccc1Cl. The highest BCUT2D eigenvalue weighted by Gasteiger charge is 2.04. The lowest BCUT2D eigenvalue weighted by Crippen LogP contribution is -1.86. The Bertz CT molecular complexity index is 215. The second kappa shape index (κ2) is 2.97. The van der Waals surface area contributed by atoms with Gasteiger partial charge in [-0.15, -0.1) is 0 Å². The Morgan fingerprint density at radius 1 is 1.40 bits per heavy atom. The van der Waals surface area contributed by atoms with Crippen molar-refractivity contribution in [1.82, 2.24) is 0 Å². The zero-order chi connectivity index (χ0) is 7.56. The van der Waals surface area contributed by atoms with Crippen LogP contribution in [0.25, 0.3) is 0 Å². The normalized spacial score (nSPS) is 9.90. The molecule has 0 aliphatic carbocycles. The van der Waals surface area contributed by atoms with Gasteiger partial charge >= 0.3 is 0 Å². The molecule has 0 atom stereocenters. The van der Waals surface area contributed by atoms with Crippen molar-refractivity contribution in [2.45, 2.75) is 6.67 Å². The van der Waals surface area contributed by atoms with Gasteiger partial charge in [-0.05, 0) is 12.1 Å². The highest BCUT2D eigenvalue weighted by molar-refractivity contribution is 6.31. The van der Waals surface area contributed by atoms with Crippen LogP contribution in [0.15, 0.2) is 18.2 Å². The molecule has 0 aromatic heterocycles. The summed E-state index contributed by atoms with van der Waals surface area (Å²) in [4.78, 5) is 0. The van der Waals surface area contributed by atoms with Crippen molar-refractivity contribution in [2.24, 2.45) is 0 Å². The summed E-state index contributed by atoms with van der Waals surface area (Å²) in [6, 6.07) is 4.08. The molecule has 1 rings (SSSR count). The summed E-state index contributed by atoms with van der Waals surface area (Å²) in [7, 11) is 0. The van der Waals surface area contributed by atoms with E-state index in [4.69, 9.17) is 11.6 Å². The predicted octanol–water partition coefficient (Wildman–Crippen LogP) is 2.95. The van der Waals surface area contributed by atoms with Crippen molar-refractivity contribution in [3.63, 3.8) is 0 Å². The predicted molar refractivity (Wildman–Crippen MR) is 36.2 cm³/mol. The van der Waals surface area contributed by atoms with Gasteiger partial charge in [0.2, 0.25) is 0 Å². The third-order valence-corrected chi connectivity index (χ3v) is 1.55. The zero-order valence-electron chi connectivity index (χ0n) is 5.07. The van der Waals surface area contributed by atoms with E-state index in [1.54, 1.807) is 0 Å². The van der Waals surface area contributed by atoms with Crippen LogP contribution in [0, 0.1) is 5.82 Å². The molecule has 0 aliphatic heterocycles. The quantitative estimate of drug-likeness (QED) is 0.596. The molecule has 0 N–H and O–H groups in total. The molecule has 0 nitrogen and oxygen atoms in total. The van der Waals surface area contributed by atoms with Crippen LogP contribution in [0.3, 0.4) is 0 Å². The van der Waals surface area contributed by atoms with Crippen LogP contribution in [-0.2, 0) is 6.67 Å². The van der Waals surface area contributed by atoms with Gasteiger partial charge in [-0.1, -0.05) is 17.7 Å². The van der Waals surface area contributed by atoms with Crippen molar-refractivity contribution in [3.8, 4) is 0 Å². The maximum absolute atomic E-state index is 12.5. The number of rotatable bonds is 1. The highest BCUT2D eigenvalue weighted by atomic mass is 35.5. The van der Waals surface area contributed by atoms with Gasteiger partial charge < -0.3 is 0 Å². The number of halogens is 3. The second-order valence-electron chi connectivity index (χ2n) is 1.83. The summed E-state index contributed by atoms with van der Waals surface area (Å²) in [5, 5.41) is 0.141. The van der Waals surface area contributed by atoms with Crippen LogP contribution in [0.1, 0.15) is 5.56 Å². The van der Waals surface area contributed by atoms with Gasteiger partial charge in [0.15, 0.2) is 0 Å². The van der Waals surface area contributed by atoms with Crippen molar-refractivity contribution in [3.05, 3.63) is 34.6 Å². The molecular formula is C7H5ClF2. The molecule has 0 bridgehead atoms. The molecule has 0 saturated carbocycles. The Morgan fingerprint density at radius 2 is 2.10 bits per heavy atom. The molecular weight excluding hydrogens is 158 g/mol. The molecule has 1 aromatic carbocycles. The van der Waals surface area contributed by atoms with E-state index in [1.807, 2.05) is 0 Å².